The van der Waals surface area contributed by atoms with Crippen molar-refractivity contribution in [3.05, 3.63) is 78.4 Å². The van der Waals surface area contributed by atoms with E-state index in [1.807, 2.05) is 0 Å². The largest absolute Gasteiger partial charge is 0.508 e. The first-order valence-corrected chi connectivity index (χ1v) is 19.7. The first kappa shape index (κ1) is 46.7. The number of carbonyl (C=O) groups excluding carboxylic acids is 1. The van der Waals surface area contributed by atoms with Crippen LogP contribution in [-0.4, -0.2) is 184 Å². The number of phenolic OH excluding ortho intramolecular Hbond substituents is 3. The van der Waals surface area contributed by atoms with Crippen molar-refractivity contribution in [3.8, 4) is 40.1 Å². The van der Waals surface area contributed by atoms with Crippen LogP contribution in [-0.2, 0) is 28.5 Å². The standard InChI is InChI=1S/C42H46O22/c43-14-26-30(49)33(52)36(55)40(61-26)59-24-12-21(47)11-23-22(24)13-25(38(58-23)18-4-8-20(46)9-5-18)60-42-39(64-41-37(56)34(53)31(50)27(15-44)62-41)35(54)32(51)28(63-42)16-57-29(48)10-3-17-1-6-19(45)7-2-17/h1-13,26-28,30-37,39-44,49-56H,14-16H2,(H2-,45,46,47,48)/p+1/t26?,27?,28?,30-,31-,32-,33+,34+,35+,36?,37?,39?,40-,41+,42-/m1/s1. The summed E-state index contributed by atoms with van der Waals surface area (Å²) in [5.41, 5.74) is 0.653. The van der Waals surface area contributed by atoms with Gasteiger partial charge in [-0.25, -0.2) is 9.21 Å². The van der Waals surface area contributed by atoms with E-state index >= 15 is 0 Å². The molecule has 13 N–H and O–H groups in total. The van der Waals surface area contributed by atoms with E-state index < -0.39 is 124 Å². The van der Waals surface area contributed by atoms with Gasteiger partial charge in [-0.1, -0.05) is 12.1 Å². The zero-order valence-corrected chi connectivity index (χ0v) is 33.3. The lowest BCUT2D eigenvalue weighted by Gasteiger charge is -2.45. The van der Waals surface area contributed by atoms with Crippen molar-refractivity contribution in [1.29, 1.82) is 0 Å². The van der Waals surface area contributed by atoms with Crippen LogP contribution in [0.5, 0.6) is 28.7 Å². The van der Waals surface area contributed by atoms with Gasteiger partial charge in [0.15, 0.2) is 12.4 Å². The number of carbonyl (C=O) groups is 1. The highest BCUT2D eigenvalue weighted by atomic mass is 16.8. The van der Waals surface area contributed by atoms with Crippen molar-refractivity contribution in [2.24, 2.45) is 0 Å². The Kier molecular flexibility index (Phi) is 14.5. The maximum absolute atomic E-state index is 12.8. The number of esters is 1. The summed E-state index contributed by atoms with van der Waals surface area (Å²) in [6, 6.07) is 14.8. The van der Waals surface area contributed by atoms with Crippen LogP contribution < -0.4 is 9.47 Å². The van der Waals surface area contributed by atoms with Crippen LogP contribution in [0.4, 0.5) is 0 Å². The van der Waals surface area contributed by atoms with Gasteiger partial charge in [0.25, 0.3) is 0 Å². The fourth-order valence-corrected chi connectivity index (χ4v) is 7.16. The van der Waals surface area contributed by atoms with Gasteiger partial charge in [0.05, 0.1) is 24.8 Å². The van der Waals surface area contributed by atoms with Gasteiger partial charge in [-0.15, -0.1) is 0 Å². The molecule has 0 amide bonds. The Morgan fingerprint density at radius 1 is 0.594 bits per heavy atom. The molecular formula is C42H47O22+. The summed E-state index contributed by atoms with van der Waals surface area (Å²) >= 11 is 0. The lowest BCUT2D eigenvalue weighted by molar-refractivity contribution is -0.357. The summed E-state index contributed by atoms with van der Waals surface area (Å²) in [6.45, 7) is -2.32. The molecule has 0 saturated carbocycles. The molecular weight excluding hydrogens is 856 g/mol. The Morgan fingerprint density at radius 2 is 1.14 bits per heavy atom. The normalized spacial score (nSPS) is 33.2. The second-order valence-corrected chi connectivity index (χ2v) is 15.2. The van der Waals surface area contributed by atoms with Crippen LogP contribution in [0, 0.1) is 0 Å². The predicted octanol–water partition coefficient (Wildman–Crippen LogP) is -2.06. The van der Waals surface area contributed by atoms with Crippen LogP contribution in [0.25, 0.3) is 28.4 Å². The maximum atomic E-state index is 12.8. The lowest BCUT2D eigenvalue weighted by atomic mass is 9.97. The van der Waals surface area contributed by atoms with E-state index in [9.17, 15) is 71.2 Å². The lowest BCUT2D eigenvalue weighted by Crippen LogP contribution is -2.65. The molecule has 4 aromatic rings. The molecule has 3 aromatic carbocycles. The van der Waals surface area contributed by atoms with E-state index in [4.69, 9.17) is 37.6 Å². The van der Waals surface area contributed by atoms with Gasteiger partial charge in [-0.2, -0.15) is 0 Å². The molecule has 3 fully saturated rings. The first-order chi connectivity index (χ1) is 30.6. The molecule has 0 aliphatic carbocycles. The van der Waals surface area contributed by atoms with Gasteiger partial charge < -0.3 is 99.5 Å². The fraction of sp³-hybridized carbons (Fsp3) is 0.429. The van der Waals surface area contributed by atoms with Crippen molar-refractivity contribution >= 4 is 23.0 Å². The topological polar surface area (TPSA) is 356 Å². The van der Waals surface area contributed by atoms with Crippen molar-refractivity contribution < 1.29 is 109 Å². The molecule has 0 bridgehead atoms. The van der Waals surface area contributed by atoms with E-state index in [1.165, 1.54) is 66.7 Å². The molecule has 6 unspecified atom stereocenters. The zero-order chi connectivity index (χ0) is 46.0. The number of ether oxygens (including phenoxy) is 7. The molecule has 0 spiro atoms. The van der Waals surface area contributed by atoms with Gasteiger partial charge in [-0.3, -0.25) is 0 Å². The fourth-order valence-electron chi connectivity index (χ4n) is 7.16. The third-order valence-corrected chi connectivity index (χ3v) is 10.7. The van der Waals surface area contributed by atoms with Crippen molar-refractivity contribution in [2.45, 2.75) is 92.1 Å². The number of benzene rings is 3. The minimum Gasteiger partial charge on any atom is -0.508 e. The number of phenols is 3. The van der Waals surface area contributed by atoms with E-state index in [0.29, 0.717) is 5.56 Å². The monoisotopic (exact) mass is 903 g/mol. The van der Waals surface area contributed by atoms with Crippen molar-refractivity contribution in [3.63, 3.8) is 0 Å². The zero-order valence-electron chi connectivity index (χ0n) is 33.3. The molecule has 1 aromatic heterocycles. The van der Waals surface area contributed by atoms with Gasteiger partial charge in [-0.05, 0) is 48.0 Å². The summed E-state index contributed by atoms with van der Waals surface area (Å²) in [5, 5.41) is 136. The molecule has 22 nitrogen and oxygen atoms in total. The minimum atomic E-state index is -2.03. The van der Waals surface area contributed by atoms with E-state index in [1.54, 1.807) is 0 Å². The van der Waals surface area contributed by atoms with E-state index in [-0.39, 0.29) is 45.3 Å². The summed E-state index contributed by atoms with van der Waals surface area (Å²) in [5.74, 6) is -2.19. The molecule has 4 heterocycles. The number of hydrogen-bond donors (Lipinski definition) is 13. The Hall–Kier alpha value is -5.28. The predicted molar refractivity (Wildman–Crippen MR) is 212 cm³/mol. The summed E-state index contributed by atoms with van der Waals surface area (Å²) < 4.78 is 46.7. The van der Waals surface area contributed by atoms with E-state index in [2.05, 4.69) is 0 Å². The first-order valence-electron chi connectivity index (χ1n) is 19.7. The average molecular weight is 904 g/mol. The van der Waals surface area contributed by atoms with Gasteiger partial charge in [0.2, 0.25) is 18.3 Å². The number of rotatable bonds is 13. The number of hydrogen-bond acceptors (Lipinski definition) is 21. The molecule has 64 heavy (non-hydrogen) atoms. The van der Waals surface area contributed by atoms with Crippen LogP contribution in [0.2, 0.25) is 0 Å². The SMILES string of the molecule is O=C(/C=C/c1ccc(O)cc1)OCC1O[C@@H](Oc2cc3c(O[C@@H]4OC(CO)[C@@H](O)[C@H](O)C4O)cc(O)cc3[o+]c2-c2ccc(O)cc2)C(O[C@@H]2OC(CO)[C@@H](O)[C@H](O)C2O)[C@@H](O)[C@@H]1O. The highest BCUT2D eigenvalue weighted by Crippen LogP contribution is 2.42. The molecule has 15 atom stereocenters. The van der Waals surface area contributed by atoms with Gasteiger partial charge >= 0.3 is 17.3 Å². The third kappa shape index (κ3) is 10.00. The summed E-state index contributed by atoms with van der Waals surface area (Å²) in [4.78, 5) is 12.8. The van der Waals surface area contributed by atoms with Crippen molar-refractivity contribution in [1.82, 2.24) is 0 Å². The number of aliphatic hydroxyl groups is 10. The van der Waals surface area contributed by atoms with Crippen molar-refractivity contribution in [2.75, 3.05) is 19.8 Å². The Balaban J connectivity index is 1.26. The molecule has 346 valence electrons. The third-order valence-electron chi connectivity index (χ3n) is 10.7. The van der Waals surface area contributed by atoms with E-state index in [0.717, 1.165) is 12.1 Å². The highest BCUT2D eigenvalue weighted by Gasteiger charge is 2.52. The minimum absolute atomic E-state index is 0.000943. The quantitative estimate of drug-likeness (QED) is 0.0390. The Morgan fingerprint density at radius 3 is 1.77 bits per heavy atom. The van der Waals surface area contributed by atoms with Crippen LogP contribution in [0.3, 0.4) is 0 Å². The molecule has 22 heteroatoms. The molecule has 7 rings (SSSR count). The molecule has 3 aliphatic rings. The van der Waals surface area contributed by atoms with Gasteiger partial charge in [0.1, 0.15) is 102 Å². The second kappa shape index (κ2) is 19.9. The average Bonchev–Trinajstić information content (AvgIpc) is 3.28. The van der Waals surface area contributed by atoms with Crippen LogP contribution in [0.1, 0.15) is 5.56 Å². The Labute approximate surface area is 361 Å². The summed E-state index contributed by atoms with van der Waals surface area (Å²) in [7, 11) is 0. The second-order valence-electron chi connectivity index (χ2n) is 15.2. The Bertz CT molecular complexity index is 2240. The maximum Gasteiger partial charge on any atom is 0.402 e. The number of aliphatic hydroxyl groups excluding tert-OH is 10. The number of aromatic hydroxyl groups is 3. The van der Waals surface area contributed by atoms with Crippen LogP contribution >= 0.6 is 0 Å². The summed E-state index contributed by atoms with van der Waals surface area (Å²) in [6.07, 6.45) is -24.5. The molecule has 3 aliphatic heterocycles. The highest BCUT2D eigenvalue weighted by molar-refractivity contribution is 5.89. The number of fused-ring (bicyclic) bond motifs is 1. The molecule has 0 radical (unpaired) electrons. The smallest absolute Gasteiger partial charge is 0.402 e. The van der Waals surface area contributed by atoms with Gasteiger partial charge in [0, 0.05) is 18.2 Å². The van der Waals surface area contributed by atoms with Crippen LogP contribution in [0.15, 0.2) is 77.2 Å². The molecule has 3 saturated heterocycles.